The van der Waals surface area contributed by atoms with Crippen molar-refractivity contribution < 1.29 is 14.5 Å². The van der Waals surface area contributed by atoms with E-state index in [0.717, 1.165) is 0 Å². The van der Waals surface area contributed by atoms with Gasteiger partial charge in [0.25, 0.3) is 16.2 Å². The number of nitrogens with two attached hydrogens (primary N) is 1. The minimum absolute atomic E-state index is 0. The van der Waals surface area contributed by atoms with Crippen LogP contribution in [0.15, 0.2) is 42.5 Å². The Bertz CT molecular complexity index is 857. The van der Waals surface area contributed by atoms with E-state index in [4.69, 9.17) is 40.6 Å². The molecule has 2 aromatic rings. The number of hydrogen-bond acceptors (Lipinski definition) is 6. The van der Waals surface area contributed by atoms with E-state index < -0.39 is 15.4 Å². The molecule has 30 heavy (non-hydrogen) atoms. The third-order valence-corrected chi connectivity index (χ3v) is 3.94. The normalized spacial score (nSPS) is 9.73. The number of nitro benzene ring substituents is 1. The van der Waals surface area contributed by atoms with Crippen LogP contribution in [0.5, 0.6) is 0 Å². The van der Waals surface area contributed by atoms with Gasteiger partial charge in [-0.25, -0.2) is 0 Å². The minimum Gasteiger partial charge on any atom is -0.276 e. The number of rotatable bonds is 3. The summed E-state index contributed by atoms with van der Waals surface area (Å²) in [6.07, 6.45) is 0. The molecule has 0 saturated carbocycles. The van der Waals surface area contributed by atoms with E-state index in [9.17, 15) is 19.7 Å². The van der Waals surface area contributed by atoms with Crippen molar-refractivity contribution in [2.24, 2.45) is 5.84 Å². The van der Waals surface area contributed by atoms with Crippen LogP contribution in [0.2, 0.25) is 5.02 Å². The molecule has 2 aromatic carbocycles. The van der Waals surface area contributed by atoms with Crippen molar-refractivity contribution in [3.8, 4) is 0 Å². The lowest BCUT2D eigenvalue weighted by Gasteiger charge is -2.14. The maximum Gasteiger partial charge on any atom is 0.291 e. The molecule has 0 aliphatic carbocycles. The number of hydrazine groups is 1. The first-order valence-corrected chi connectivity index (χ1v) is 9.31. The van der Waals surface area contributed by atoms with Gasteiger partial charge < -0.3 is 0 Å². The summed E-state index contributed by atoms with van der Waals surface area (Å²) in [4.78, 5) is 31.2. The zero-order chi connectivity index (χ0) is 22.8. The summed E-state index contributed by atoms with van der Waals surface area (Å²) in [6, 6.07) is 11.4. The van der Waals surface area contributed by atoms with Gasteiger partial charge in [-0.05, 0) is 63.0 Å². The molecule has 0 fully saturated rings. The van der Waals surface area contributed by atoms with Crippen molar-refractivity contribution >= 4 is 63.4 Å². The molecule has 0 amide bonds. The second-order valence-electron chi connectivity index (χ2n) is 6.63. The summed E-state index contributed by atoms with van der Waals surface area (Å²) in [5, 5.41) is 9.44. The lowest BCUT2D eigenvalue weighted by atomic mass is 10.1. The second-order valence-corrected chi connectivity index (χ2v) is 7.73. The highest BCUT2D eigenvalue weighted by Gasteiger charge is 2.21. The van der Waals surface area contributed by atoms with Crippen LogP contribution < -0.4 is 11.3 Å². The lowest BCUT2D eigenvalue weighted by Crippen LogP contribution is -2.41. The highest BCUT2D eigenvalue weighted by molar-refractivity contribution is 6.68. The molecular formula is C19H23Cl4N3O4. The van der Waals surface area contributed by atoms with Crippen molar-refractivity contribution in [2.75, 3.05) is 0 Å². The fraction of sp³-hybridized carbons (Fsp3) is 0.263. The van der Waals surface area contributed by atoms with E-state index >= 15 is 0 Å². The number of halogens is 4. The fourth-order valence-electron chi connectivity index (χ4n) is 1.67. The van der Waals surface area contributed by atoms with Gasteiger partial charge in [0.2, 0.25) is 0 Å². The molecule has 0 aliphatic rings. The zero-order valence-electron chi connectivity index (χ0n) is 16.7. The van der Waals surface area contributed by atoms with E-state index in [0.29, 0.717) is 5.56 Å². The number of nitro groups is 1. The second kappa shape index (κ2) is 14.3. The van der Waals surface area contributed by atoms with Gasteiger partial charge in [0, 0.05) is 22.2 Å². The van der Waals surface area contributed by atoms with Crippen molar-refractivity contribution in [2.45, 2.75) is 33.2 Å². The average molecular weight is 499 g/mol. The van der Waals surface area contributed by atoms with Gasteiger partial charge in [-0.3, -0.25) is 31.0 Å². The highest BCUT2D eigenvalue weighted by atomic mass is 35.5. The Balaban J connectivity index is 0. The Labute approximate surface area is 196 Å². The number of carbonyl (C=O) groups is 2. The molecule has 0 aliphatic heterocycles. The topological polar surface area (TPSA) is 115 Å². The molecule has 166 valence electrons. The molecule has 11 heteroatoms. The minimum atomic E-state index is -0.734. The van der Waals surface area contributed by atoms with Crippen LogP contribution in [-0.4, -0.2) is 20.9 Å². The number of hydrogen-bond donors (Lipinski definition) is 2. The van der Waals surface area contributed by atoms with Gasteiger partial charge in [-0.2, -0.15) is 0 Å². The van der Waals surface area contributed by atoms with Gasteiger partial charge in [-0.15, -0.1) is 12.4 Å². The maximum atomic E-state index is 10.9. The third-order valence-electron chi connectivity index (χ3n) is 3.21. The monoisotopic (exact) mass is 497 g/mol. The Morgan fingerprint density at radius 2 is 1.50 bits per heavy atom. The summed E-state index contributed by atoms with van der Waals surface area (Å²) in [5.41, 5.74) is 3.22. The summed E-state index contributed by atoms with van der Waals surface area (Å²) in [7, 11) is 0. The predicted octanol–water partition coefficient (Wildman–Crippen LogP) is 5.67. The average Bonchev–Trinajstić information content (AvgIpc) is 2.62. The van der Waals surface area contributed by atoms with Crippen molar-refractivity contribution in [1.29, 1.82) is 0 Å². The van der Waals surface area contributed by atoms with Crippen LogP contribution in [0.3, 0.4) is 0 Å². The first kappa shape index (κ1) is 30.5. The molecule has 0 atom stereocenters. The van der Waals surface area contributed by atoms with Crippen molar-refractivity contribution in [3.63, 3.8) is 0 Å². The molecular weight excluding hydrogens is 476 g/mol. The summed E-state index contributed by atoms with van der Waals surface area (Å²) < 4.78 is 0. The molecule has 0 bridgehead atoms. The molecule has 0 saturated heterocycles. The molecule has 7 nitrogen and oxygen atoms in total. The lowest BCUT2D eigenvalue weighted by molar-refractivity contribution is -0.385. The molecule has 0 radical (unpaired) electrons. The van der Waals surface area contributed by atoms with Crippen molar-refractivity contribution in [3.05, 3.63) is 74.3 Å². The molecule has 0 unspecified atom stereocenters. The van der Waals surface area contributed by atoms with Gasteiger partial charge in [0.15, 0.2) is 0 Å². The smallest absolute Gasteiger partial charge is 0.276 e. The largest absolute Gasteiger partial charge is 0.291 e. The number of benzene rings is 2. The Morgan fingerprint density at radius 3 is 1.80 bits per heavy atom. The fourth-order valence-corrected chi connectivity index (χ4v) is 2.28. The Morgan fingerprint density at radius 1 is 1.03 bits per heavy atom. The van der Waals surface area contributed by atoms with Crippen LogP contribution in [0, 0.1) is 17.0 Å². The first-order valence-electron chi connectivity index (χ1n) is 8.17. The van der Waals surface area contributed by atoms with E-state index in [2.05, 4.69) is 5.43 Å². The quantitative estimate of drug-likeness (QED) is 0.243. The van der Waals surface area contributed by atoms with Crippen LogP contribution >= 0.6 is 47.2 Å². The number of nitrogens with one attached hydrogen (secondary N) is 1. The first-order chi connectivity index (χ1) is 13.3. The van der Waals surface area contributed by atoms with Gasteiger partial charge in [0.1, 0.15) is 5.02 Å². The van der Waals surface area contributed by atoms with E-state index in [1.807, 2.05) is 26.8 Å². The van der Waals surface area contributed by atoms with Gasteiger partial charge in [0.05, 0.1) is 4.92 Å². The van der Waals surface area contributed by atoms with Gasteiger partial charge in [-0.1, -0.05) is 41.9 Å². The SMILES string of the molecule is CC(C)(C)NN.Cc1c(C(=O)Cl)ccc(Cl)c1[N+](=O)[O-].Cl.O=C(Cl)c1ccccc1. The van der Waals surface area contributed by atoms with E-state index in [1.165, 1.54) is 19.1 Å². The van der Waals surface area contributed by atoms with Crippen LogP contribution in [0.1, 0.15) is 47.1 Å². The summed E-state index contributed by atoms with van der Waals surface area (Å²) in [6.45, 7) is 7.45. The molecule has 0 aromatic heterocycles. The molecule has 2 rings (SSSR count). The standard InChI is InChI=1S/C8H5Cl2NO3.C7H5ClO.C4H12N2.ClH/c1-4-5(8(10)12)2-3-6(9)7(4)11(13)14;8-7(9)6-4-2-1-3-5-6;1-4(2,3)6-5;/h2-3H,1H3;1-5H;6H,5H2,1-3H3;1H. The summed E-state index contributed by atoms with van der Waals surface area (Å²) >= 11 is 16.0. The highest BCUT2D eigenvalue weighted by Crippen LogP contribution is 2.30. The summed E-state index contributed by atoms with van der Waals surface area (Å²) in [5.74, 6) is 5.06. The van der Waals surface area contributed by atoms with Crippen LogP contribution in [-0.2, 0) is 0 Å². The Kier molecular flexibility index (Phi) is 14.5. The van der Waals surface area contributed by atoms with E-state index in [1.54, 1.807) is 24.3 Å². The third kappa shape index (κ3) is 11.4. The predicted molar refractivity (Wildman–Crippen MR) is 124 cm³/mol. The maximum absolute atomic E-state index is 10.9. The Hall–Kier alpha value is -1.74. The zero-order valence-corrected chi connectivity index (χ0v) is 19.8. The number of carbonyl (C=O) groups excluding carboxylic acids is 2. The molecule has 0 spiro atoms. The van der Waals surface area contributed by atoms with Crippen LogP contribution in [0.4, 0.5) is 5.69 Å². The number of nitrogens with zero attached hydrogens (tertiary/aromatic N) is 1. The van der Waals surface area contributed by atoms with E-state index in [-0.39, 0.29) is 39.8 Å². The molecule has 0 heterocycles. The van der Waals surface area contributed by atoms with Crippen LogP contribution in [0.25, 0.3) is 0 Å². The van der Waals surface area contributed by atoms with Gasteiger partial charge >= 0.3 is 0 Å². The molecule has 3 N–H and O–H groups in total. The van der Waals surface area contributed by atoms with Crippen molar-refractivity contribution in [1.82, 2.24) is 5.43 Å².